The highest BCUT2D eigenvalue weighted by Gasteiger charge is 2.23. The van der Waals surface area contributed by atoms with Crippen molar-refractivity contribution < 1.29 is 9.00 Å². The lowest BCUT2D eigenvalue weighted by Crippen LogP contribution is -2.40. The van der Waals surface area contributed by atoms with Crippen LogP contribution in [0.4, 0.5) is 5.69 Å². The first-order valence-electron chi connectivity index (χ1n) is 6.93. The smallest absolute Gasteiger partial charge is 0.236 e. The Bertz CT molecular complexity index is 503. The van der Waals surface area contributed by atoms with Crippen LogP contribution in [-0.2, 0) is 15.6 Å². The van der Waals surface area contributed by atoms with E-state index >= 15 is 0 Å². The predicted molar refractivity (Wildman–Crippen MR) is 84.0 cm³/mol. The number of nitrogens with two attached hydrogens (primary N) is 1. The molecule has 4 nitrogen and oxygen atoms in total. The average Bonchev–Trinajstić information content (AvgIpc) is 2.40. The Morgan fingerprint density at radius 2 is 2.05 bits per heavy atom. The van der Waals surface area contributed by atoms with E-state index in [4.69, 9.17) is 5.73 Å². The lowest BCUT2D eigenvalue weighted by atomic mass is 10.2. The number of benzene rings is 1. The minimum Gasteiger partial charge on any atom is -0.398 e. The van der Waals surface area contributed by atoms with Crippen molar-refractivity contribution in [2.24, 2.45) is 0 Å². The van der Waals surface area contributed by atoms with Gasteiger partial charge in [0, 0.05) is 11.7 Å². The molecule has 0 radical (unpaired) electrons. The number of carbonyl (C=O) groups is 1. The minimum absolute atomic E-state index is 0.0989. The van der Waals surface area contributed by atoms with Gasteiger partial charge in [-0.25, -0.2) is 0 Å². The summed E-state index contributed by atoms with van der Waals surface area (Å²) in [5, 5.41) is 2.28. The van der Waals surface area contributed by atoms with Crippen LogP contribution < -0.4 is 11.1 Å². The molecule has 1 aromatic carbocycles. The third-order valence-corrected chi connectivity index (χ3v) is 4.83. The van der Waals surface area contributed by atoms with E-state index < -0.39 is 16.0 Å². The first-order chi connectivity index (χ1) is 9.36. The molecule has 0 aliphatic rings. The number of aryl methyl sites for hydroxylation is 1. The van der Waals surface area contributed by atoms with Crippen LogP contribution in [0, 0.1) is 6.92 Å². The molecule has 0 aromatic heterocycles. The molecular formula is C15H24N2O2S. The summed E-state index contributed by atoms with van der Waals surface area (Å²) in [6.07, 6.45) is 1.92. The van der Waals surface area contributed by atoms with Crippen molar-refractivity contribution in [1.82, 2.24) is 5.32 Å². The highest BCUT2D eigenvalue weighted by Crippen LogP contribution is 2.20. The Kier molecular flexibility index (Phi) is 6.20. The number of rotatable bonds is 6. The van der Waals surface area contributed by atoms with Gasteiger partial charge in [0.2, 0.25) is 5.91 Å². The van der Waals surface area contributed by atoms with Gasteiger partial charge in [0.1, 0.15) is 5.25 Å². The number of hydrogen-bond donors (Lipinski definition) is 2. The van der Waals surface area contributed by atoms with Gasteiger partial charge in [-0.15, -0.1) is 0 Å². The Labute approximate surface area is 123 Å². The first-order valence-corrected chi connectivity index (χ1v) is 8.15. The summed E-state index contributed by atoms with van der Waals surface area (Å²) in [6.45, 7) is 7.61. The lowest BCUT2D eigenvalue weighted by Gasteiger charge is -2.17. The number of hydrogen-bond acceptors (Lipinski definition) is 3. The molecule has 0 saturated heterocycles. The standard InChI is InChI=1S/C15H24N2O2S/c1-5-6-11(3)17-15(18)12(4)20(19)14-9-10(2)7-8-13(14)16/h7-9,11-12H,5-6,16H2,1-4H3,(H,17,18). The van der Waals surface area contributed by atoms with Gasteiger partial charge in [0.05, 0.1) is 15.7 Å². The van der Waals surface area contributed by atoms with Crippen molar-refractivity contribution in [1.29, 1.82) is 0 Å². The topological polar surface area (TPSA) is 72.2 Å². The van der Waals surface area contributed by atoms with E-state index in [0.717, 1.165) is 18.4 Å². The maximum atomic E-state index is 12.5. The fourth-order valence-corrected chi connectivity index (χ4v) is 3.21. The van der Waals surface area contributed by atoms with Gasteiger partial charge < -0.3 is 11.1 Å². The third-order valence-electron chi connectivity index (χ3n) is 3.19. The average molecular weight is 296 g/mol. The maximum absolute atomic E-state index is 12.5. The number of nitrogens with one attached hydrogen (secondary N) is 1. The van der Waals surface area contributed by atoms with Crippen molar-refractivity contribution in [3.8, 4) is 0 Å². The molecule has 5 heteroatoms. The van der Waals surface area contributed by atoms with Crippen molar-refractivity contribution in [2.75, 3.05) is 5.73 Å². The highest BCUT2D eigenvalue weighted by atomic mass is 32.2. The van der Waals surface area contributed by atoms with E-state index in [-0.39, 0.29) is 11.9 Å². The van der Waals surface area contributed by atoms with Crippen LogP contribution in [-0.4, -0.2) is 21.4 Å². The summed E-state index contributed by atoms with van der Waals surface area (Å²) in [7, 11) is -1.44. The molecule has 0 spiro atoms. The van der Waals surface area contributed by atoms with Gasteiger partial charge in [-0.1, -0.05) is 19.4 Å². The van der Waals surface area contributed by atoms with Gasteiger partial charge in [0.15, 0.2) is 0 Å². The molecule has 1 rings (SSSR count). The van der Waals surface area contributed by atoms with Gasteiger partial charge in [0.25, 0.3) is 0 Å². The van der Waals surface area contributed by atoms with E-state index in [1.807, 2.05) is 19.9 Å². The van der Waals surface area contributed by atoms with Crippen LogP contribution in [0.1, 0.15) is 39.2 Å². The van der Waals surface area contributed by atoms with E-state index in [2.05, 4.69) is 12.2 Å². The van der Waals surface area contributed by atoms with Gasteiger partial charge in [-0.05, 0) is 44.9 Å². The monoisotopic (exact) mass is 296 g/mol. The molecule has 0 heterocycles. The molecule has 3 atom stereocenters. The molecule has 0 saturated carbocycles. The molecule has 1 aromatic rings. The Hall–Kier alpha value is -1.36. The van der Waals surface area contributed by atoms with Gasteiger partial charge in [-0.3, -0.25) is 9.00 Å². The Morgan fingerprint density at radius 3 is 2.65 bits per heavy atom. The number of amides is 1. The zero-order chi connectivity index (χ0) is 15.3. The molecule has 3 unspecified atom stereocenters. The molecule has 0 aliphatic carbocycles. The minimum atomic E-state index is -1.44. The zero-order valence-electron chi connectivity index (χ0n) is 12.6. The number of nitrogen functional groups attached to an aromatic ring is 1. The van der Waals surface area contributed by atoms with Crippen molar-refractivity contribution in [3.63, 3.8) is 0 Å². The van der Waals surface area contributed by atoms with E-state index in [1.54, 1.807) is 19.1 Å². The molecule has 0 bridgehead atoms. The zero-order valence-corrected chi connectivity index (χ0v) is 13.4. The summed E-state index contributed by atoms with van der Waals surface area (Å²) in [6, 6.07) is 5.48. The second-order valence-corrected chi connectivity index (χ2v) is 6.92. The number of anilines is 1. The quantitative estimate of drug-likeness (QED) is 0.792. The summed E-state index contributed by atoms with van der Waals surface area (Å²) in [5.41, 5.74) is 7.30. The van der Waals surface area contributed by atoms with Crippen LogP contribution in [0.3, 0.4) is 0 Å². The summed E-state index contributed by atoms with van der Waals surface area (Å²) >= 11 is 0. The lowest BCUT2D eigenvalue weighted by molar-refractivity contribution is -0.121. The van der Waals surface area contributed by atoms with Crippen molar-refractivity contribution >= 4 is 22.4 Å². The van der Waals surface area contributed by atoms with Crippen LogP contribution >= 0.6 is 0 Å². The Balaban J connectivity index is 2.80. The highest BCUT2D eigenvalue weighted by molar-refractivity contribution is 7.86. The molecule has 20 heavy (non-hydrogen) atoms. The fourth-order valence-electron chi connectivity index (χ4n) is 1.97. The second-order valence-electron chi connectivity index (χ2n) is 5.18. The molecule has 0 aliphatic heterocycles. The molecule has 1 amide bonds. The second kappa shape index (κ2) is 7.43. The van der Waals surface area contributed by atoms with Crippen molar-refractivity contribution in [2.45, 2.75) is 56.7 Å². The fraction of sp³-hybridized carbons (Fsp3) is 0.533. The van der Waals surface area contributed by atoms with Crippen LogP contribution in [0.5, 0.6) is 0 Å². The van der Waals surface area contributed by atoms with Crippen molar-refractivity contribution in [3.05, 3.63) is 23.8 Å². The van der Waals surface area contributed by atoms with E-state index in [0.29, 0.717) is 10.6 Å². The van der Waals surface area contributed by atoms with Crippen LogP contribution in [0.25, 0.3) is 0 Å². The van der Waals surface area contributed by atoms with Gasteiger partial charge >= 0.3 is 0 Å². The normalized spacial score (nSPS) is 15.4. The van der Waals surface area contributed by atoms with Crippen LogP contribution in [0.2, 0.25) is 0 Å². The van der Waals surface area contributed by atoms with Crippen LogP contribution in [0.15, 0.2) is 23.1 Å². The predicted octanol–water partition coefficient (Wildman–Crippen LogP) is 2.38. The number of carbonyl (C=O) groups excluding carboxylic acids is 1. The Morgan fingerprint density at radius 1 is 1.40 bits per heavy atom. The molecule has 112 valence electrons. The SMILES string of the molecule is CCCC(C)NC(=O)C(C)S(=O)c1cc(C)ccc1N. The largest absolute Gasteiger partial charge is 0.398 e. The molecular weight excluding hydrogens is 272 g/mol. The summed E-state index contributed by atoms with van der Waals surface area (Å²) in [4.78, 5) is 12.6. The maximum Gasteiger partial charge on any atom is 0.236 e. The van der Waals surface area contributed by atoms with E-state index in [1.165, 1.54) is 0 Å². The summed E-state index contributed by atoms with van der Waals surface area (Å²) in [5.74, 6) is -0.190. The third kappa shape index (κ3) is 4.34. The molecule has 3 N–H and O–H groups in total. The molecule has 0 fully saturated rings. The summed E-state index contributed by atoms with van der Waals surface area (Å²) < 4.78 is 12.5. The van der Waals surface area contributed by atoms with Gasteiger partial charge in [-0.2, -0.15) is 0 Å². The first kappa shape index (κ1) is 16.7. The van der Waals surface area contributed by atoms with E-state index in [9.17, 15) is 9.00 Å².